The van der Waals surface area contributed by atoms with Crippen molar-refractivity contribution in [3.63, 3.8) is 0 Å². The lowest BCUT2D eigenvalue weighted by molar-refractivity contribution is -0.122. The van der Waals surface area contributed by atoms with E-state index < -0.39 is 0 Å². The molecule has 86 valence electrons. The standard InChI is InChI=1S/C11H20N2O2/c14-8-10-2-1-5-13(10)7-11(15)12-6-9-3-4-9/h9-10,14H,1-8H2,(H,12,15)/t10-/m0/s1. The first-order valence-corrected chi connectivity index (χ1v) is 5.91. The average molecular weight is 212 g/mol. The number of aliphatic hydroxyl groups is 1. The summed E-state index contributed by atoms with van der Waals surface area (Å²) in [6.45, 7) is 2.42. The molecular weight excluding hydrogens is 192 g/mol. The van der Waals surface area contributed by atoms with Crippen LogP contribution in [-0.2, 0) is 4.79 Å². The van der Waals surface area contributed by atoms with Crippen LogP contribution in [0.3, 0.4) is 0 Å². The van der Waals surface area contributed by atoms with Crippen LogP contribution in [0.2, 0.25) is 0 Å². The lowest BCUT2D eigenvalue weighted by Gasteiger charge is -2.21. The smallest absolute Gasteiger partial charge is 0.234 e. The van der Waals surface area contributed by atoms with Gasteiger partial charge in [0, 0.05) is 12.6 Å². The summed E-state index contributed by atoms with van der Waals surface area (Å²) < 4.78 is 0. The van der Waals surface area contributed by atoms with Gasteiger partial charge in [-0.05, 0) is 38.1 Å². The zero-order valence-corrected chi connectivity index (χ0v) is 9.11. The van der Waals surface area contributed by atoms with Crippen LogP contribution in [-0.4, -0.2) is 48.2 Å². The zero-order chi connectivity index (χ0) is 10.7. The highest BCUT2D eigenvalue weighted by molar-refractivity contribution is 5.78. The zero-order valence-electron chi connectivity index (χ0n) is 9.11. The highest BCUT2D eigenvalue weighted by Gasteiger charge is 2.26. The Morgan fingerprint density at radius 1 is 1.40 bits per heavy atom. The molecular formula is C11H20N2O2. The van der Waals surface area contributed by atoms with Gasteiger partial charge in [-0.25, -0.2) is 0 Å². The molecule has 0 aromatic carbocycles. The first kappa shape index (κ1) is 10.9. The summed E-state index contributed by atoms with van der Waals surface area (Å²) in [7, 11) is 0. The van der Waals surface area contributed by atoms with E-state index in [-0.39, 0.29) is 18.6 Å². The van der Waals surface area contributed by atoms with E-state index in [0.717, 1.165) is 31.8 Å². The Hall–Kier alpha value is -0.610. The highest BCUT2D eigenvalue weighted by Crippen LogP contribution is 2.27. The van der Waals surface area contributed by atoms with Crippen molar-refractivity contribution >= 4 is 5.91 Å². The lowest BCUT2D eigenvalue weighted by Crippen LogP contribution is -2.41. The van der Waals surface area contributed by atoms with Gasteiger partial charge in [0.05, 0.1) is 13.2 Å². The molecule has 1 heterocycles. The van der Waals surface area contributed by atoms with E-state index in [4.69, 9.17) is 5.11 Å². The molecule has 2 fully saturated rings. The molecule has 4 heteroatoms. The largest absolute Gasteiger partial charge is 0.395 e. The van der Waals surface area contributed by atoms with Gasteiger partial charge >= 0.3 is 0 Å². The van der Waals surface area contributed by atoms with Crippen LogP contribution in [0.15, 0.2) is 0 Å². The van der Waals surface area contributed by atoms with E-state index >= 15 is 0 Å². The molecule has 2 aliphatic rings. The van der Waals surface area contributed by atoms with Crippen molar-refractivity contribution in [3.05, 3.63) is 0 Å². The minimum Gasteiger partial charge on any atom is -0.395 e. The molecule has 1 saturated heterocycles. The summed E-state index contributed by atoms with van der Waals surface area (Å²) >= 11 is 0. The quantitative estimate of drug-likeness (QED) is 0.673. The molecule has 1 aliphatic carbocycles. The van der Waals surface area contributed by atoms with Crippen LogP contribution < -0.4 is 5.32 Å². The van der Waals surface area contributed by atoms with E-state index in [9.17, 15) is 4.79 Å². The molecule has 1 aliphatic heterocycles. The van der Waals surface area contributed by atoms with Crippen LogP contribution in [0.4, 0.5) is 0 Å². The molecule has 0 aromatic heterocycles. The van der Waals surface area contributed by atoms with Gasteiger partial charge in [0.15, 0.2) is 0 Å². The molecule has 0 spiro atoms. The Morgan fingerprint density at radius 3 is 2.87 bits per heavy atom. The average Bonchev–Trinajstić information content (AvgIpc) is 2.96. The number of aliphatic hydroxyl groups excluding tert-OH is 1. The van der Waals surface area contributed by atoms with E-state index in [1.54, 1.807) is 0 Å². The Labute approximate surface area is 90.6 Å². The number of likely N-dealkylation sites (tertiary alicyclic amines) is 1. The lowest BCUT2D eigenvalue weighted by atomic mass is 10.2. The second-order valence-electron chi connectivity index (χ2n) is 4.70. The normalized spacial score (nSPS) is 26.9. The van der Waals surface area contributed by atoms with E-state index in [1.165, 1.54) is 12.8 Å². The topological polar surface area (TPSA) is 52.6 Å². The fourth-order valence-electron chi connectivity index (χ4n) is 2.13. The minimum absolute atomic E-state index is 0.113. The van der Waals surface area contributed by atoms with Crippen LogP contribution >= 0.6 is 0 Å². The molecule has 1 atom stereocenters. The van der Waals surface area contributed by atoms with E-state index in [2.05, 4.69) is 10.2 Å². The molecule has 0 unspecified atom stereocenters. The summed E-state index contributed by atoms with van der Waals surface area (Å²) in [5.41, 5.74) is 0. The van der Waals surface area contributed by atoms with E-state index in [0.29, 0.717) is 6.54 Å². The van der Waals surface area contributed by atoms with Gasteiger partial charge in [-0.2, -0.15) is 0 Å². The summed E-state index contributed by atoms with van der Waals surface area (Å²) in [6.07, 6.45) is 4.65. The van der Waals surface area contributed by atoms with Gasteiger partial charge in [-0.1, -0.05) is 0 Å². The number of hydrogen-bond acceptors (Lipinski definition) is 3. The number of carbonyl (C=O) groups is 1. The van der Waals surface area contributed by atoms with Crippen LogP contribution in [0.1, 0.15) is 25.7 Å². The fourth-order valence-corrected chi connectivity index (χ4v) is 2.13. The van der Waals surface area contributed by atoms with Gasteiger partial charge in [-0.3, -0.25) is 9.69 Å². The van der Waals surface area contributed by atoms with Crippen molar-refractivity contribution in [1.82, 2.24) is 10.2 Å². The molecule has 2 rings (SSSR count). The molecule has 15 heavy (non-hydrogen) atoms. The molecule has 0 bridgehead atoms. The fraction of sp³-hybridized carbons (Fsp3) is 0.909. The number of amides is 1. The maximum absolute atomic E-state index is 11.6. The van der Waals surface area contributed by atoms with Crippen molar-refractivity contribution < 1.29 is 9.90 Å². The Kier molecular flexibility index (Phi) is 3.59. The molecule has 0 radical (unpaired) electrons. The SMILES string of the molecule is O=C(CN1CCC[C@H]1CO)NCC1CC1. The van der Waals surface area contributed by atoms with Crippen molar-refractivity contribution in [3.8, 4) is 0 Å². The number of nitrogens with zero attached hydrogens (tertiary/aromatic N) is 1. The first-order valence-electron chi connectivity index (χ1n) is 5.91. The van der Waals surface area contributed by atoms with Crippen LogP contribution in [0, 0.1) is 5.92 Å². The Bertz CT molecular complexity index is 229. The van der Waals surface area contributed by atoms with Crippen molar-refractivity contribution in [2.24, 2.45) is 5.92 Å². The summed E-state index contributed by atoms with van der Waals surface area (Å²) in [6, 6.07) is 0.205. The van der Waals surface area contributed by atoms with Crippen molar-refractivity contribution in [2.45, 2.75) is 31.7 Å². The van der Waals surface area contributed by atoms with Gasteiger partial charge in [0.25, 0.3) is 0 Å². The molecule has 1 amide bonds. The maximum Gasteiger partial charge on any atom is 0.234 e. The van der Waals surface area contributed by atoms with Crippen LogP contribution in [0.5, 0.6) is 0 Å². The highest BCUT2D eigenvalue weighted by atomic mass is 16.3. The maximum atomic E-state index is 11.6. The predicted molar refractivity (Wildman–Crippen MR) is 57.4 cm³/mol. The third-order valence-electron chi connectivity index (χ3n) is 3.34. The number of carbonyl (C=O) groups excluding carboxylic acids is 1. The van der Waals surface area contributed by atoms with E-state index in [1.807, 2.05) is 0 Å². The third kappa shape index (κ3) is 3.18. The van der Waals surface area contributed by atoms with Gasteiger partial charge < -0.3 is 10.4 Å². The monoisotopic (exact) mass is 212 g/mol. The molecule has 4 nitrogen and oxygen atoms in total. The Morgan fingerprint density at radius 2 is 2.20 bits per heavy atom. The molecule has 0 aromatic rings. The summed E-state index contributed by atoms with van der Waals surface area (Å²) in [4.78, 5) is 13.6. The van der Waals surface area contributed by atoms with Crippen LogP contribution in [0.25, 0.3) is 0 Å². The first-order chi connectivity index (χ1) is 7.29. The van der Waals surface area contributed by atoms with Gasteiger partial charge in [0.1, 0.15) is 0 Å². The van der Waals surface area contributed by atoms with Crippen molar-refractivity contribution in [1.29, 1.82) is 0 Å². The third-order valence-corrected chi connectivity index (χ3v) is 3.34. The molecule has 2 N–H and O–H groups in total. The van der Waals surface area contributed by atoms with Crippen molar-refractivity contribution in [2.75, 3.05) is 26.2 Å². The second-order valence-corrected chi connectivity index (χ2v) is 4.70. The number of hydrogen-bond donors (Lipinski definition) is 2. The minimum atomic E-state index is 0.113. The number of nitrogens with one attached hydrogen (secondary N) is 1. The number of rotatable bonds is 5. The van der Waals surface area contributed by atoms with Gasteiger partial charge in [0.2, 0.25) is 5.91 Å². The van der Waals surface area contributed by atoms with Gasteiger partial charge in [-0.15, -0.1) is 0 Å². The predicted octanol–water partition coefficient (Wildman–Crippen LogP) is -0.0307. The second kappa shape index (κ2) is 4.94. The summed E-state index contributed by atoms with van der Waals surface area (Å²) in [5.74, 6) is 0.850. The Balaban J connectivity index is 1.67. The molecule has 1 saturated carbocycles. The summed E-state index contributed by atoms with van der Waals surface area (Å²) in [5, 5.41) is 12.1.